The van der Waals surface area contributed by atoms with E-state index in [2.05, 4.69) is 27.3 Å². The molecule has 2 aromatic rings. The van der Waals surface area contributed by atoms with Crippen LogP contribution < -0.4 is 5.32 Å². The molecule has 0 saturated carbocycles. The summed E-state index contributed by atoms with van der Waals surface area (Å²) in [6.45, 7) is 6.54. The van der Waals surface area contributed by atoms with Gasteiger partial charge in [0.15, 0.2) is 5.82 Å². The van der Waals surface area contributed by atoms with Crippen LogP contribution in [0.3, 0.4) is 0 Å². The molecule has 0 radical (unpaired) electrons. The molecule has 22 heavy (non-hydrogen) atoms. The number of aromatic nitrogens is 4. The predicted octanol–water partition coefficient (Wildman–Crippen LogP) is 1.33. The van der Waals surface area contributed by atoms with Crippen molar-refractivity contribution in [3.63, 3.8) is 0 Å². The molecule has 1 atom stereocenters. The quantitative estimate of drug-likeness (QED) is 0.925. The molecule has 0 aliphatic carbocycles. The summed E-state index contributed by atoms with van der Waals surface area (Å²) in [5.74, 6) is 0.527. The van der Waals surface area contributed by atoms with Crippen molar-refractivity contribution < 1.29 is 4.79 Å². The maximum Gasteiger partial charge on any atom is 0.222 e. The first kappa shape index (κ1) is 14.8. The molecule has 1 amide bonds. The number of nitrogens with zero attached hydrogens (tertiary/aromatic N) is 5. The van der Waals surface area contributed by atoms with E-state index in [0.717, 1.165) is 26.1 Å². The normalized spacial score (nSPS) is 18.8. The highest BCUT2D eigenvalue weighted by atomic mass is 16.1. The van der Waals surface area contributed by atoms with Crippen LogP contribution >= 0.6 is 0 Å². The molecule has 1 aliphatic heterocycles. The Kier molecular flexibility index (Phi) is 3.98. The number of hydrogen-bond donors (Lipinski definition) is 1. The number of hydrogen-bond acceptors (Lipinski definition) is 4. The Hall–Kier alpha value is -2.15. The van der Waals surface area contributed by atoms with Crippen LogP contribution in [0.2, 0.25) is 0 Å². The van der Waals surface area contributed by atoms with E-state index in [9.17, 15) is 4.79 Å². The lowest BCUT2D eigenvalue weighted by Gasteiger charge is -2.16. The zero-order valence-corrected chi connectivity index (χ0v) is 13.3. The van der Waals surface area contributed by atoms with Gasteiger partial charge < -0.3 is 5.32 Å². The zero-order valence-electron chi connectivity index (χ0n) is 13.3. The summed E-state index contributed by atoms with van der Waals surface area (Å²) in [6.07, 6.45) is 4.96. The van der Waals surface area contributed by atoms with Crippen LogP contribution in [-0.2, 0) is 18.4 Å². The largest absolute Gasteiger partial charge is 0.309 e. The SMILES string of the molecule is CC(=O)Nc1ccn([C@@H]2CCN(Cc3cnn(C)c3C)C2)n1. The van der Waals surface area contributed by atoms with Gasteiger partial charge in [0.1, 0.15) is 0 Å². The molecule has 1 saturated heterocycles. The minimum absolute atomic E-state index is 0.0923. The van der Waals surface area contributed by atoms with Crippen LogP contribution in [0.5, 0.6) is 0 Å². The van der Waals surface area contributed by atoms with Crippen LogP contribution in [0.4, 0.5) is 5.82 Å². The average molecular weight is 302 g/mol. The number of amides is 1. The first-order valence-electron chi connectivity index (χ1n) is 7.55. The molecule has 2 aromatic heterocycles. The smallest absolute Gasteiger partial charge is 0.222 e. The Morgan fingerprint density at radius 1 is 1.50 bits per heavy atom. The lowest BCUT2D eigenvalue weighted by Crippen LogP contribution is -2.21. The second-order valence-corrected chi connectivity index (χ2v) is 5.92. The number of aryl methyl sites for hydroxylation is 1. The monoisotopic (exact) mass is 302 g/mol. The number of nitrogens with one attached hydrogen (secondary N) is 1. The summed E-state index contributed by atoms with van der Waals surface area (Å²) >= 11 is 0. The van der Waals surface area contributed by atoms with Gasteiger partial charge in [-0.1, -0.05) is 0 Å². The fourth-order valence-corrected chi connectivity index (χ4v) is 2.90. The predicted molar refractivity (Wildman–Crippen MR) is 83.4 cm³/mol. The van der Waals surface area contributed by atoms with Gasteiger partial charge in [0, 0.05) is 57.1 Å². The Bertz CT molecular complexity index is 673. The Morgan fingerprint density at radius 2 is 2.32 bits per heavy atom. The third kappa shape index (κ3) is 3.04. The van der Waals surface area contributed by atoms with Gasteiger partial charge in [-0.3, -0.25) is 19.1 Å². The fourth-order valence-electron chi connectivity index (χ4n) is 2.90. The van der Waals surface area contributed by atoms with E-state index >= 15 is 0 Å². The minimum atomic E-state index is -0.0923. The maximum absolute atomic E-state index is 11.1. The highest BCUT2D eigenvalue weighted by Gasteiger charge is 2.25. The van der Waals surface area contributed by atoms with Crippen molar-refractivity contribution in [1.82, 2.24) is 24.5 Å². The Morgan fingerprint density at radius 3 is 3.00 bits per heavy atom. The number of anilines is 1. The lowest BCUT2D eigenvalue weighted by atomic mass is 10.2. The standard InChI is InChI=1S/C15H22N6O/c1-11-13(8-16-19(11)3)9-20-6-4-14(10-20)21-7-5-15(18-21)17-12(2)22/h5,7-8,14H,4,6,9-10H2,1-3H3,(H,17,18,22)/t14-/m1/s1. The van der Waals surface area contributed by atoms with Crippen LogP contribution in [0.1, 0.15) is 30.6 Å². The van der Waals surface area contributed by atoms with E-state index in [0.29, 0.717) is 11.9 Å². The molecule has 1 fully saturated rings. The van der Waals surface area contributed by atoms with Gasteiger partial charge >= 0.3 is 0 Å². The second kappa shape index (κ2) is 5.92. The third-order valence-corrected chi connectivity index (χ3v) is 4.26. The molecule has 3 rings (SSSR count). The first-order valence-corrected chi connectivity index (χ1v) is 7.55. The lowest BCUT2D eigenvalue weighted by molar-refractivity contribution is -0.114. The van der Waals surface area contributed by atoms with E-state index in [-0.39, 0.29) is 5.91 Å². The third-order valence-electron chi connectivity index (χ3n) is 4.26. The Balaban J connectivity index is 1.61. The fraction of sp³-hybridized carbons (Fsp3) is 0.533. The molecular formula is C15H22N6O. The molecule has 0 unspecified atom stereocenters. The van der Waals surface area contributed by atoms with Crippen LogP contribution in [0.15, 0.2) is 18.5 Å². The van der Waals surface area contributed by atoms with E-state index in [1.807, 2.05) is 34.9 Å². The summed E-state index contributed by atoms with van der Waals surface area (Å²) < 4.78 is 3.87. The topological polar surface area (TPSA) is 68.0 Å². The van der Waals surface area contributed by atoms with Crippen molar-refractivity contribution in [3.05, 3.63) is 29.7 Å². The van der Waals surface area contributed by atoms with E-state index in [4.69, 9.17) is 0 Å². The summed E-state index contributed by atoms with van der Waals surface area (Å²) in [4.78, 5) is 13.5. The van der Waals surface area contributed by atoms with Gasteiger partial charge in [0.25, 0.3) is 0 Å². The minimum Gasteiger partial charge on any atom is -0.309 e. The molecule has 7 heteroatoms. The number of likely N-dealkylation sites (tertiary alicyclic amines) is 1. The van der Waals surface area contributed by atoms with E-state index < -0.39 is 0 Å². The zero-order chi connectivity index (χ0) is 15.7. The van der Waals surface area contributed by atoms with Gasteiger partial charge in [-0.2, -0.15) is 10.2 Å². The van der Waals surface area contributed by atoms with Crippen molar-refractivity contribution in [2.75, 3.05) is 18.4 Å². The summed E-state index contributed by atoms with van der Waals surface area (Å²) in [5, 5.41) is 11.5. The molecule has 3 heterocycles. The van der Waals surface area contributed by atoms with Gasteiger partial charge in [-0.25, -0.2) is 0 Å². The summed E-state index contributed by atoms with van der Waals surface area (Å²) in [6, 6.07) is 2.20. The molecule has 118 valence electrons. The molecular weight excluding hydrogens is 280 g/mol. The van der Waals surface area contributed by atoms with Gasteiger partial charge in [-0.05, 0) is 13.3 Å². The summed E-state index contributed by atoms with van der Waals surface area (Å²) in [7, 11) is 1.97. The Labute approximate surface area is 129 Å². The maximum atomic E-state index is 11.1. The van der Waals surface area contributed by atoms with Gasteiger partial charge in [-0.15, -0.1) is 0 Å². The number of carbonyl (C=O) groups excluding carboxylic acids is 1. The van der Waals surface area contributed by atoms with Crippen molar-refractivity contribution in [2.24, 2.45) is 7.05 Å². The molecule has 0 aromatic carbocycles. The van der Waals surface area contributed by atoms with Crippen molar-refractivity contribution in [1.29, 1.82) is 0 Å². The van der Waals surface area contributed by atoms with Crippen LogP contribution in [0, 0.1) is 6.92 Å². The number of rotatable bonds is 4. The van der Waals surface area contributed by atoms with Crippen molar-refractivity contribution in [2.45, 2.75) is 32.9 Å². The first-order chi connectivity index (χ1) is 10.5. The molecule has 1 aliphatic rings. The molecule has 0 spiro atoms. The van der Waals surface area contributed by atoms with Gasteiger partial charge in [0.2, 0.25) is 5.91 Å². The molecule has 7 nitrogen and oxygen atoms in total. The van der Waals surface area contributed by atoms with Crippen LogP contribution in [-0.4, -0.2) is 43.5 Å². The van der Waals surface area contributed by atoms with E-state index in [1.54, 1.807) is 0 Å². The highest BCUT2D eigenvalue weighted by molar-refractivity contribution is 5.87. The van der Waals surface area contributed by atoms with Crippen molar-refractivity contribution >= 4 is 11.7 Å². The second-order valence-electron chi connectivity index (χ2n) is 5.92. The summed E-state index contributed by atoms with van der Waals surface area (Å²) in [5.41, 5.74) is 2.50. The molecule has 1 N–H and O–H groups in total. The number of carbonyl (C=O) groups is 1. The molecule has 0 bridgehead atoms. The highest BCUT2D eigenvalue weighted by Crippen LogP contribution is 2.24. The average Bonchev–Trinajstić information content (AvgIpc) is 3.16. The van der Waals surface area contributed by atoms with Crippen LogP contribution in [0.25, 0.3) is 0 Å². The van der Waals surface area contributed by atoms with E-state index in [1.165, 1.54) is 18.2 Å². The van der Waals surface area contributed by atoms with Crippen molar-refractivity contribution in [3.8, 4) is 0 Å². The van der Waals surface area contributed by atoms with Gasteiger partial charge in [0.05, 0.1) is 12.2 Å².